The van der Waals surface area contributed by atoms with E-state index in [1.807, 2.05) is 0 Å². The topological polar surface area (TPSA) is 53.6 Å². The smallest absolute Gasteiger partial charge is 0.188 e. The molecule has 0 spiro atoms. The first-order chi connectivity index (χ1) is 6.84. The van der Waals surface area contributed by atoms with Crippen molar-refractivity contribution < 1.29 is 0 Å². The summed E-state index contributed by atoms with van der Waals surface area (Å²) in [5.41, 5.74) is 5.72. The lowest BCUT2D eigenvalue weighted by atomic mass is 10.4. The predicted molar refractivity (Wildman–Crippen MR) is 58.3 cm³/mol. The van der Waals surface area contributed by atoms with E-state index < -0.39 is 0 Å². The van der Waals surface area contributed by atoms with Crippen LogP contribution in [0.15, 0.2) is 4.99 Å². The average molecular weight is 196 g/mol. The van der Waals surface area contributed by atoms with Crippen LogP contribution in [0, 0.1) is 0 Å². The third-order valence-corrected chi connectivity index (χ3v) is 2.83. The first kappa shape index (κ1) is 9.77. The number of nitrogens with one attached hydrogen (secondary N) is 1. The van der Waals surface area contributed by atoms with Gasteiger partial charge in [0.25, 0.3) is 0 Å². The fourth-order valence-corrected chi connectivity index (χ4v) is 1.80. The van der Waals surface area contributed by atoms with Gasteiger partial charge in [0.15, 0.2) is 5.96 Å². The predicted octanol–water partition coefficient (Wildman–Crippen LogP) is 0.149. The minimum atomic E-state index is 0.616. The van der Waals surface area contributed by atoms with Crippen molar-refractivity contribution in [3.8, 4) is 0 Å². The van der Waals surface area contributed by atoms with Gasteiger partial charge in [-0.3, -0.25) is 4.99 Å². The second kappa shape index (κ2) is 4.64. The number of guanidine groups is 1. The quantitative estimate of drug-likeness (QED) is 0.497. The molecule has 1 aliphatic heterocycles. The molecule has 4 heteroatoms. The van der Waals surface area contributed by atoms with E-state index >= 15 is 0 Å². The van der Waals surface area contributed by atoms with Crippen molar-refractivity contribution in [1.29, 1.82) is 0 Å². The zero-order chi connectivity index (χ0) is 9.80. The summed E-state index contributed by atoms with van der Waals surface area (Å²) in [4.78, 5) is 6.76. The van der Waals surface area contributed by atoms with Crippen LogP contribution in [-0.4, -0.2) is 43.1 Å². The summed E-state index contributed by atoms with van der Waals surface area (Å²) in [5, 5.41) is 3.19. The highest BCUT2D eigenvalue weighted by molar-refractivity contribution is 5.78. The van der Waals surface area contributed by atoms with Gasteiger partial charge in [0.05, 0.1) is 6.54 Å². The van der Waals surface area contributed by atoms with Crippen LogP contribution in [-0.2, 0) is 0 Å². The SMILES string of the molecule is NC(=NCCN1CCCC1)NC1CC1. The van der Waals surface area contributed by atoms with Gasteiger partial charge >= 0.3 is 0 Å². The highest BCUT2D eigenvalue weighted by Crippen LogP contribution is 2.17. The van der Waals surface area contributed by atoms with Gasteiger partial charge in [0.2, 0.25) is 0 Å². The molecule has 1 saturated heterocycles. The van der Waals surface area contributed by atoms with Gasteiger partial charge in [0, 0.05) is 12.6 Å². The number of nitrogens with zero attached hydrogens (tertiary/aromatic N) is 2. The van der Waals surface area contributed by atoms with Crippen LogP contribution < -0.4 is 11.1 Å². The molecule has 14 heavy (non-hydrogen) atoms. The van der Waals surface area contributed by atoms with Crippen LogP contribution in [0.25, 0.3) is 0 Å². The zero-order valence-corrected chi connectivity index (χ0v) is 8.71. The van der Waals surface area contributed by atoms with Crippen molar-refractivity contribution in [3.63, 3.8) is 0 Å². The van der Waals surface area contributed by atoms with Crippen molar-refractivity contribution in [2.45, 2.75) is 31.7 Å². The van der Waals surface area contributed by atoms with Gasteiger partial charge in [-0.1, -0.05) is 0 Å². The molecular formula is C10H20N4. The second-order valence-electron chi connectivity index (χ2n) is 4.23. The molecule has 3 N–H and O–H groups in total. The summed E-state index contributed by atoms with van der Waals surface area (Å²) in [5.74, 6) is 0.631. The molecule has 0 amide bonds. The fourth-order valence-electron chi connectivity index (χ4n) is 1.80. The van der Waals surface area contributed by atoms with Gasteiger partial charge in [-0.2, -0.15) is 0 Å². The monoisotopic (exact) mass is 196 g/mol. The molecule has 0 aromatic heterocycles. The molecule has 2 rings (SSSR count). The maximum Gasteiger partial charge on any atom is 0.188 e. The van der Waals surface area contributed by atoms with Crippen molar-refractivity contribution in [2.24, 2.45) is 10.7 Å². The van der Waals surface area contributed by atoms with E-state index in [-0.39, 0.29) is 0 Å². The van der Waals surface area contributed by atoms with Crippen molar-refractivity contribution >= 4 is 5.96 Å². The summed E-state index contributed by atoms with van der Waals surface area (Å²) < 4.78 is 0. The van der Waals surface area contributed by atoms with E-state index in [0.717, 1.165) is 13.1 Å². The molecule has 1 saturated carbocycles. The molecule has 0 atom stereocenters. The maximum atomic E-state index is 5.72. The van der Waals surface area contributed by atoms with Crippen LogP contribution in [0.1, 0.15) is 25.7 Å². The van der Waals surface area contributed by atoms with E-state index in [0.29, 0.717) is 12.0 Å². The molecule has 0 unspecified atom stereocenters. The van der Waals surface area contributed by atoms with Gasteiger partial charge in [-0.15, -0.1) is 0 Å². The Morgan fingerprint density at radius 3 is 2.71 bits per heavy atom. The largest absolute Gasteiger partial charge is 0.370 e. The van der Waals surface area contributed by atoms with Gasteiger partial charge < -0.3 is 16.0 Å². The first-order valence-electron chi connectivity index (χ1n) is 5.63. The highest BCUT2D eigenvalue weighted by Gasteiger charge is 2.21. The Labute approximate surface area is 85.6 Å². The summed E-state index contributed by atoms with van der Waals surface area (Å²) in [6, 6.07) is 0.616. The molecule has 2 aliphatic rings. The standard InChI is InChI=1S/C10H20N4/c11-10(13-9-3-4-9)12-5-8-14-6-1-2-7-14/h9H,1-8H2,(H3,11,12,13). The second-order valence-corrected chi connectivity index (χ2v) is 4.23. The van der Waals surface area contributed by atoms with Crippen molar-refractivity contribution in [1.82, 2.24) is 10.2 Å². The molecule has 1 aliphatic carbocycles. The lowest BCUT2D eigenvalue weighted by Gasteiger charge is -2.12. The average Bonchev–Trinajstić information content (AvgIpc) is 2.82. The van der Waals surface area contributed by atoms with Crippen molar-refractivity contribution in [2.75, 3.05) is 26.2 Å². The highest BCUT2D eigenvalue weighted by atomic mass is 15.2. The van der Waals surface area contributed by atoms with Gasteiger partial charge in [-0.05, 0) is 38.8 Å². The number of rotatable bonds is 4. The first-order valence-corrected chi connectivity index (χ1v) is 5.63. The lowest BCUT2D eigenvalue weighted by Crippen LogP contribution is -2.34. The summed E-state index contributed by atoms with van der Waals surface area (Å²) in [6.45, 7) is 4.38. The molecule has 4 nitrogen and oxygen atoms in total. The minimum Gasteiger partial charge on any atom is -0.370 e. The Balaban J connectivity index is 1.59. The lowest BCUT2D eigenvalue weighted by molar-refractivity contribution is 0.349. The van der Waals surface area contributed by atoms with Gasteiger partial charge in [0.1, 0.15) is 0 Å². The number of hydrogen-bond acceptors (Lipinski definition) is 2. The molecule has 0 bridgehead atoms. The van der Waals surface area contributed by atoms with E-state index in [1.54, 1.807) is 0 Å². The van der Waals surface area contributed by atoms with E-state index in [2.05, 4.69) is 15.2 Å². The number of hydrogen-bond donors (Lipinski definition) is 2. The Morgan fingerprint density at radius 1 is 1.36 bits per heavy atom. The Hall–Kier alpha value is -0.770. The minimum absolute atomic E-state index is 0.616. The van der Waals surface area contributed by atoms with E-state index in [9.17, 15) is 0 Å². The van der Waals surface area contributed by atoms with Crippen LogP contribution in [0.2, 0.25) is 0 Å². The Morgan fingerprint density at radius 2 is 2.07 bits per heavy atom. The molecule has 0 aromatic rings. The summed E-state index contributed by atoms with van der Waals surface area (Å²) in [7, 11) is 0. The third-order valence-electron chi connectivity index (χ3n) is 2.83. The van der Waals surface area contributed by atoms with Crippen molar-refractivity contribution in [3.05, 3.63) is 0 Å². The van der Waals surface area contributed by atoms with Crippen LogP contribution in [0.3, 0.4) is 0 Å². The molecule has 2 fully saturated rings. The van der Waals surface area contributed by atoms with Crippen LogP contribution >= 0.6 is 0 Å². The Kier molecular flexibility index (Phi) is 3.24. The normalized spacial score (nSPS) is 24.1. The zero-order valence-electron chi connectivity index (χ0n) is 8.71. The summed E-state index contributed by atoms with van der Waals surface area (Å²) in [6.07, 6.45) is 5.20. The number of aliphatic imine (C=N–C) groups is 1. The van der Waals surface area contributed by atoms with E-state index in [1.165, 1.54) is 38.8 Å². The third kappa shape index (κ3) is 3.18. The number of nitrogens with two attached hydrogens (primary N) is 1. The van der Waals surface area contributed by atoms with Crippen LogP contribution in [0.5, 0.6) is 0 Å². The molecular weight excluding hydrogens is 176 g/mol. The fraction of sp³-hybridized carbons (Fsp3) is 0.900. The number of likely N-dealkylation sites (tertiary alicyclic amines) is 1. The van der Waals surface area contributed by atoms with Crippen LogP contribution in [0.4, 0.5) is 0 Å². The molecule has 1 heterocycles. The summed E-state index contributed by atoms with van der Waals surface area (Å²) >= 11 is 0. The Bertz CT molecular complexity index is 204. The maximum absolute atomic E-state index is 5.72. The van der Waals surface area contributed by atoms with E-state index in [4.69, 9.17) is 5.73 Å². The molecule has 80 valence electrons. The van der Waals surface area contributed by atoms with Gasteiger partial charge in [-0.25, -0.2) is 0 Å². The molecule has 0 radical (unpaired) electrons. The molecule has 0 aromatic carbocycles.